The summed E-state index contributed by atoms with van der Waals surface area (Å²) in [6.07, 6.45) is 0. The molecular weight excluding hydrogens is 340 g/mol. The van der Waals surface area contributed by atoms with E-state index in [4.69, 9.17) is 9.84 Å². The van der Waals surface area contributed by atoms with E-state index < -0.39 is 22.6 Å². The van der Waals surface area contributed by atoms with Crippen molar-refractivity contribution < 1.29 is 19.7 Å². The molecule has 0 spiro atoms. The van der Waals surface area contributed by atoms with Crippen LogP contribution in [0.1, 0.15) is 10.4 Å². The van der Waals surface area contributed by atoms with Crippen LogP contribution in [0.2, 0.25) is 0 Å². The van der Waals surface area contributed by atoms with Crippen molar-refractivity contribution in [3.8, 4) is 11.5 Å². The van der Waals surface area contributed by atoms with Gasteiger partial charge in [-0.05, 0) is 24.3 Å². The maximum absolute atomic E-state index is 11.9. The zero-order valence-corrected chi connectivity index (χ0v) is 13.6. The molecule has 8 nitrogen and oxygen atoms in total. The van der Waals surface area contributed by atoms with Crippen molar-refractivity contribution in [2.75, 3.05) is 17.7 Å². The Morgan fingerprint density at radius 1 is 0.923 bits per heavy atom. The third kappa shape index (κ3) is 2.84. The molecule has 0 aromatic heterocycles. The lowest BCUT2D eigenvalue weighted by molar-refractivity contribution is 0.0694. The Kier molecular flexibility index (Phi) is 4.32. The highest BCUT2D eigenvalue weighted by molar-refractivity contribution is 5.94. The molecule has 0 radical (unpaired) electrons. The maximum Gasteiger partial charge on any atom is 0.339 e. The molecule has 0 fully saturated rings. The van der Waals surface area contributed by atoms with E-state index in [1.807, 2.05) is 0 Å². The van der Waals surface area contributed by atoms with Gasteiger partial charge in [0.05, 0.1) is 18.5 Å². The van der Waals surface area contributed by atoms with Crippen molar-refractivity contribution in [1.29, 1.82) is 0 Å². The molecule has 0 saturated heterocycles. The Balaban J connectivity index is 1.96. The summed E-state index contributed by atoms with van der Waals surface area (Å²) in [6.45, 7) is 0. The molecule has 26 heavy (non-hydrogen) atoms. The van der Waals surface area contributed by atoms with Gasteiger partial charge in [-0.1, -0.05) is 18.2 Å². The highest BCUT2D eigenvalue weighted by Crippen LogP contribution is 2.33. The van der Waals surface area contributed by atoms with E-state index in [-0.39, 0.29) is 22.6 Å². The van der Waals surface area contributed by atoms with E-state index in [0.717, 1.165) is 0 Å². The lowest BCUT2D eigenvalue weighted by Crippen LogP contribution is -2.35. The van der Waals surface area contributed by atoms with Crippen LogP contribution in [-0.2, 0) is 0 Å². The second-order valence-electron chi connectivity index (χ2n) is 5.37. The fourth-order valence-electron chi connectivity index (χ4n) is 2.46. The molecule has 0 heterocycles. The Hall–Kier alpha value is -3.81. The number of para-hydroxylation sites is 3. The van der Waals surface area contributed by atoms with Gasteiger partial charge in [0.25, 0.3) is 10.9 Å². The van der Waals surface area contributed by atoms with Gasteiger partial charge in [0, 0.05) is 0 Å². The first-order valence-electron chi connectivity index (χ1n) is 7.49. The van der Waals surface area contributed by atoms with Crippen molar-refractivity contribution in [3.05, 3.63) is 68.5 Å². The van der Waals surface area contributed by atoms with Gasteiger partial charge in [0.15, 0.2) is 5.75 Å². The van der Waals surface area contributed by atoms with E-state index in [1.165, 1.54) is 25.3 Å². The molecule has 0 bridgehead atoms. The molecule has 132 valence electrons. The average Bonchev–Trinajstić information content (AvgIpc) is 2.65. The first-order chi connectivity index (χ1) is 12.4. The fourth-order valence-corrected chi connectivity index (χ4v) is 2.46. The number of aromatic carboxylic acids is 1. The molecule has 0 saturated carbocycles. The first kappa shape index (κ1) is 17.0. The zero-order chi connectivity index (χ0) is 18.8. The van der Waals surface area contributed by atoms with Gasteiger partial charge in [0.2, 0.25) is 0 Å². The predicted molar refractivity (Wildman–Crippen MR) is 96.0 cm³/mol. The number of carbonyl (C=O) groups is 1. The number of benzene rings is 2. The summed E-state index contributed by atoms with van der Waals surface area (Å²) in [7, 11) is 1.47. The molecule has 0 unspecified atom stereocenters. The summed E-state index contributed by atoms with van der Waals surface area (Å²) in [5.74, 6) is -1.37. The van der Waals surface area contributed by atoms with Crippen LogP contribution >= 0.6 is 0 Å². The number of ether oxygens (including phenoxy) is 1. The minimum Gasteiger partial charge on any atom is -0.505 e. The largest absolute Gasteiger partial charge is 0.505 e. The van der Waals surface area contributed by atoms with Gasteiger partial charge in [-0.25, -0.2) is 4.79 Å². The van der Waals surface area contributed by atoms with Gasteiger partial charge in [-0.2, -0.15) is 0 Å². The van der Waals surface area contributed by atoms with Crippen LogP contribution in [0.4, 0.5) is 22.7 Å². The molecule has 8 heteroatoms. The minimum atomic E-state index is -1.32. The van der Waals surface area contributed by atoms with Crippen molar-refractivity contribution >= 4 is 28.7 Å². The lowest BCUT2D eigenvalue weighted by atomic mass is 10.1. The molecule has 4 N–H and O–H groups in total. The van der Waals surface area contributed by atoms with Crippen LogP contribution in [0.3, 0.4) is 0 Å². The van der Waals surface area contributed by atoms with E-state index in [9.17, 15) is 19.5 Å². The Morgan fingerprint density at radius 3 is 2.12 bits per heavy atom. The summed E-state index contributed by atoms with van der Waals surface area (Å²) < 4.78 is 5.18. The Labute approximate surface area is 147 Å². The van der Waals surface area contributed by atoms with Gasteiger partial charge in [-0.15, -0.1) is 0 Å². The van der Waals surface area contributed by atoms with E-state index in [0.29, 0.717) is 11.4 Å². The van der Waals surface area contributed by atoms with E-state index in [2.05, 4.69) is 10.6 Å². The highest BCUT2D eigenvalue weighted by Gasteiger charge is 2.24. The molecule has 0 aliphatic carbocycles. The normalized spacial score (nSPS) is 10.5. The summed E-state index contributed by atoms with van der Waals surface area (Å²) in [4.78, 5) is 34.9. The van der Waals surface area contributed by atoms with Gasteiger partial charge in [0.1, 0.15) is 22.7 Å². The average molecular weight is 354 g/mol. The monoisotopic (exact) mass is 354 g/mol. The van der Waals surface area contributed by atoms with Crippen molar-refractivity contribution in [3.63, 3.8) is 0 Å². The van der Waals surface area contributed by atoms with Gasteiger partial charge >= 0.3 is 5.97 Å². The molecule has 3 rings (SSSR count). The number of anilines is 4. The van der Waals surface area contributed by atoms with Crippen LogP contribution in [0.25, 0.3) is 0 Å². The fraction of sp³-hybridized carbons (Fsp3) is 0.0556. The molecule has 0 aliphatic rings. The van der Waals surface area contributed by atoms with Crippen LogP contribution in [0.15, 0.2) is 52.1 Å². The number of aromatic hydroxyl groups is 1. The maximum atomic E-state index is 11.9. The molecular formula is C18H14N2O6. The van der Waals surface area contributed by atoms with Crippen LogP contribution in [-0.4, -0.2) is 23.3 Å². The van der Waals surface area contributed by atoms with Crippen molar-refractivity contribution in [1.82, 2.24) is 0 Å². The summed E-state index contributed by atoms with van der Waals surface area (Å²) in [5.41, 5.74) is -1.42. The number of hydrogen-bond acceptors (Lipinski definition) is 7. The smallest absolute Gasteiger partial charge is 0.339 e. The molecule has 0 aliphatic heterocycles. The second-order valence-corrected chi connectivity index (χ2v) is 5.37. The number of phenols is 1. The lowest BCUT2D eigenvalue weighted by Gasteiger charge is -2.17. The van der Waals surface area contributed by atoms with Crippen molar-refractivity contribution in [2.24, 2.45) is 0 Å². The van der Waals surface area contributed by atoms with E-state index in [1.54, 1.807) is 24.3 Å². The third-order valence-corrected chi connectivity index (χ3v) is 3.80. The number of rotatable bonds is 6. The van der Waals surface area contributed by atoms with Crippen LogP contribution in [0, 0.1) is 0 Å². The molecule has 3 aromatic rings. The number of methoxy groups -OCH3 is 1. The first-order valence-corrected chi connectivity index (χ1v) is 7.49. The predicted octanol–water partition coefficient (Wildman–Crippen LogP) is 2.18. The summed E-state index contributed by atoms with van der Waals surface area (Å²) in [5, 5.41) is 24.5. The summed E-state index contributed by atoms with van der Waals surface area (Å²) >= 11 is 0. The third-order valence-electron chi connectivity index (χ3n) is 3.80. The van der Waals surface area contributed by atoms with Crippen LogP contribution in [0.5, 0.6) is 11.5 Å². The topological polar surface area (TPSA) is 125 Å². The van der Waals surface area contributed by atoms with Crippen LogP contribution < -0.4 is 26.2 Å². The minimum absolute atomic E-state index is 0.0000710. The Bertz CT molecular complexity index is 1070. The quantitative estimate of drug-likeness (QED) is 0.392. The molecule has 3 aromatic carbocycles. The number of carboxylic acid groups (broad SMARTS) is 1. The standard InChI is InChI=1S/C18H14N2O6/c1-26-12-8-3-2-6-10(12)19-13-14(17(23)16(13)22)20-11-7-4-5-9(15(11)21)18(24)25/h2-8,19-21H,1H3,(H,24,25). The number of nitrogens with one attached hydrogen (secondary N) is 2. The highest BCUT2D eigenvalue weighted by atomic mass is 16.5. The van der Waals surface area contributed by atoms with Gasteiger partial charge in [-0.3, -0.25) is 9.59 Å². The number of hydrogen-bond donors (Lipinski definition) is 4. The second kappa shape index (κ2) is 6.60. The Morgan fingerprint density at radius 2 is 1.50 bits per heavy atom. The zero-order valence-electron chi connectivity index (χ0n) is 13.6. The molecule has 0 atom stereocenters. The number of carboxylic acids is 1. The molecule has 0 amide bonds. The van der Waals surface area contributed by atoms with Crippen molar-refractivity contribution in [2.45, 2.75) is 0 Å². The van der Waals surface area contributed by atoms with Gasteiger partial charge < -0.3 is 25.6 Å². The van der Waals surface area contributed by atoms with E-state index >= 15 is 0 Å². The SMILES string of the molecule is COc1ccccc1Nc1c(Nc2cccc(C(=O)O)c2O)c(=O)c1=O. The summed E-state index contributed by atoms with van der Waals surface area (Å²) in [6, 6.07) is 10.9.